The Morgan fingerprint density at radius 1 is 1.27 bits per heavy atom. The Kier molecular flexibility index (Phi) is 5.32. The Hall–Kier alpha value is -2.73. The minimum atomic E-state index is -0.287. The average molecular weight is 354 g/mol. The smallest absolute Gasteiger partial charge is 0.240 e. The summed E-state index contributed by atoms with van der Waals surface area (Å²) in [6.45, 7) is 2.90. The number of aromatic nitrogens is 2. The monoisotopic (exact) mass is 354 g/mol. The summed E-state index contributed by atoms with van der Waals surface area (Å²) >= 11 is 0. The van der Waals surface area contributed by atoms with Crippen molar-refractivity contribution in [3.8, 4) is 11.3 Å². The second kappa shape index (κ2) is 7.66. The van der Waals surface area contributed by atoms with Crippen LogP contribution >= 0.6 is 0 Å². The number of nitrogens with one attached hydrogen (secondary N) is 1. The zero-order valence-corrected chi connectivity index (χ0v) is 15.2. The molecule has 3 aromatic rings. The second-order valence-electron chi connectivity index (χ2n) is 6.77. The highest BCUT2D eigenvalue weighted by Gasteiger charge is 2.16. The molecule has 0 fully saturated rings. The van der Waals surface area contributed by atoms with Crippen molar-refractivity contribution in [3.63, 3.8) is 0 Å². The topological polar surface area (TPSA) is 50.2 Å². The Bertz CT molecular complexity index is 902. The molecule has 26 heavy (non-hydrogen) atoms. The van der Waals surface area contributed by atoms with Gasteiger partial charge in [0, 0.05) is 24.2 Å². The van der Waals surface area contributed by atoms with E-state index in [9.17, 15) is 9.18 Å². The highest BCUT2D eigenvalue weighted by molar-refractivity contribution is 5.87. The van der Waals surface area contributed by atoms with E-state index in [0.717, 1.165) is 28.8 Å². The fourth-order valence-corrected chi connectivity index (χ4v) is 3.16. The van der Waals surface area contributed by atoms with Crippen molar-refractivity contribution < 1.29 is 9.18 Å². The van der Waals surface area contributed by atoms with Gasteiger partial charge in [-0.1, -0.05) is 0 Å². The Labute approximate surface area is 152 Å². The lowest BCUT2D eigenvalue weighted by atomic mass is 10.1. The van der Waals surface area contributed by atoms with Crippen molar-refractivity contribution in [2.45, 2.75) is 19.5 Å². The molecule has 136 valence electrons. The van der Waals surface area contributed by atoms with Crippen LogP contribution in [-0.4, -0.2) is 47.0 Å². The van der Waals surface area contributed by atoms with Gasteiger partial charge in [0.1, 0.15) is 18.0 Å². The average Bonchev–Trinajstić information content (AvgIpc) is 2.93. The second-order valence-corrected chi connectivity index (χ2v) is 6.77. The molecule has 0 bridgehead atoms. The van der Waals surface area contributed by atoms with E-state index in [1.807, 2.05) is 48.7 Å². The third-order valence-corrected chi connectivity index (χ3v) is 4.14. The number of rotatable bonds is 6. The molecule has 2 aromatic heterocycles. The van der Waals surface area contributed by atoms with Gasteiger partial charge in [-0.3, -0.25) is 4.79 Å². The lowest BCUT2D eigenvalue weighted by Crippen LogP contribution is -2.41. The van der Waals surface area contributed by atoms with Gasteiger partial charge in [0.15, 0.2) is 0 Å². The van der Waals surface area contributed by atoms with Crippen LogP contribution in [0.1, 0.15) is 6.92 Å². The lowest BCUT2D eigenvalue weighted by molar-refractivity contribution is -0.122. The van der Waals surface area contributed by atoms with E-state index >= 15 is 0 Å². The van der Waals surface area contributed by atoms with Gasteiger partial charge in [-0.15, -0.1) is 0 Å². The Balaban J connectivity index is 1.92. The highest BCUT2D eigenvalue weighted by atomic mass is 19.1. The fraction of sp³-hybridized carbons (Fsp3) is 0.300. The highest BCUT2D eigenvalue weighted by Crippen LogP contribution is 2.27. The summed E-state index contributed by atoms with van der Waals surface area (Å²) in [6, 6.07) is 12.1. The van der Waals surface area contributed by atoms with Crippen molar-refractivity contribution in [1.82, 2.24) is 19.8 Å². The first-order chi connectivity index (χ1) is 12.4. The molecule has 0 saturated heterocycles. The van der Waals surface area contributed by atoms with Crippen LogP contribution in [0, 0.1) is 5.82 Å². The summed E-state index contributed by atoms with van der Waals surface area (Å²) in [5.41, 5.74) is 2.43. The van der Waals surface area contributed by atoms with Gasteiger partial charge in [-0.2, -0.15) is 0 Å². The number of halogens is 1. The van der Waals surface area contributed by atoms with Crippen molar-refractivity contribution in [2.75, 3.05) is 20.6 Å². The number of likely N-dealkylation sites (N-methyl/N-ethyl adjacent to an activating group) is 1. The fourth-order valence-electron chi connectivity index (χ4n) is 3.16. The van der Waals surface area contributed by atoms with Gasteiger partial charge >= 0.3 is 0 Å². The molecular formula is C20H23FN4O. The van der Waals surface area contributed by atoms with E-state index in [4.69, 9.17) is 0 Å². The number of carbonyl (C=O) groups excluding carboxylic acids is 1. The van der Waals surface area contributed by atoms with E-state index in [1.165, 1.54) is 12.1 Å². The number of benzene rings is 1. The van der Waals surface area contributed by atoms with Gasteiger partial charge in [0.25, 0.3) is 0 Å². The van der Waals surface area contributed by atoms with E-state index in [0.29, 0.717) is 0 Å². The molecule has 0 aliphatic heterocycles. The van der Waals surface area contributed by atoms with Gasteiger partial charge < -0.3 is 14.8 Å². The molecule has 1 amide bonds. The third-order valence-electron chi connectivity index (χ3n) is 4.14. The van der Waals surface area contributed by atoms with E-state index in [1.54, 1.807) is 18.3 Å². The molecule has 6 heteroatoms. The summed E-state index contributed by atoms with van der Waals surface area (Å²) < 4.78 is 15.2. The normalized spacial score (nSPS) is 12.5. The number of hydrogen-bond acceptors (Lipinski definition) is 3. The largest absolute Gasteiger partial charge is 0.351 e. The van der Waals surface area contributed by atoms with E-state index in [-0.39, 0.29) is 24.3 Å². The number of pyridine rings is 1. The SMILES string of the molecule is C[C@H](CN(C)C)NC(=O)Cn1c(-c2ccc(F)cc2)cc2cccnc21. The quantitative estimate of drug-likeness (QED) is 0.740. The summed E-state index contributed by atoms with van der Waals surface area (Å²) in [4.78, 5) is 19.0. The Morgan fingerprint density at radius 2 is 2.00 bits per heavy atom. The van der Waals surface area contributed by atoms with Crippen molar-refractivity contribution in [3.05, 3.63) is 54.5 Å². The van der Waals surface area contributed by atoms with Crippen molar-refractivity contribution >= 4 is 16.9 Å². The number of amides is 1. The van der Waals surface area contributed by atoms with Crippen molar-refractivity contribution in [2.24, 2.45) is 0 Å². The minimum absolute atomic E-state index is 0.0431. The zero-order valence-electron chi connectivity index (χ0n) is 15.2. The molecule has 0 spiro atoms. The zero-order chi connectivity index (χ0) is 18.7. The van der Waals surface area contributed by atoms with Gasteiger partial charge in [-0.05, 0) is 69.0 Å². The number of nitrogens with zero attached hydrogens (tertiary/aromatic N) is 3. The van der Waals surface area contributed by atoms with Gasteiger partial charge in [0.2, 0.25) is 5.91 Å². The first-order valence-corrected chi connectivity index (χ1v) is 8.58. The summed E-state index contributed by atoms with van der Waals surface area (Å²) in [6.07, 6.45) is 1.71. The van der Waals surface area contributed by atoms with Crippen LogP contribution in [0.25, 0.3) is 22.3 Å². The molecule has 1 atom stereocenters. The lowest BCUT2D eigenvalue weighted by Gasteiger charge is -2.19. The summed E-state index contributed by atoms with van der Waals surface area (Å²) in [5.74, 6) is -0.365. The maximum atomic E-state index is 13.3. The van der Waals surface area contributed by atoms with Crippen LogP contribution in [0.3, 0.4) is 0 Å². The van der Waals surface area contributed by atoms with Crippen LogP contribution in [0.2, 0.25) is 0 Å². The van der Waals surface area contributed by atoms with Gasteiger partial charge in [0.05, 0.1) is 5.69 Å². The van der Waals surface area contributed by atoms with Crippen LogP contribution in [-0.2, 0) is 11.3 Å². The molecule has 3 rings (SSSR count). The molecule has 1 aromatic carbocycles. The third kappa shape index (κ3) is 4.08. The summed E-state index contributed by atoms with van der Waals surface area (Å²) in [5, 5.41) is 3.96. The first kappa shape index (κ1) is 18.1. The van der Waals surface area contributed by atoms with E-state index in [2.05, 4.69) is 10.3 Å². The predicted molar refractivity (Wildman–Crippen MR) is 101 cm³/mol. The standard InChI is InChI=1S/C20H23FN4O/c1-14(12-24(2)3)23-19(26)13-25-18(15-6-8-17(21)9-7-15)11-16-5-4-10-22-20(16)25/h4-11,14H,12-13H2,1-3H3,(H,23,26)/t14-/m1/s1. The molecular weight excluding hydrogens is 331 g/mol. The molecule has 0 aliphatic rings. The minimum Gasteiger partial charge on any atom is -0.351 e. The van der Waals surface area contributed by atoms with Crippen molar-refractivity contribution in [1.29, 1.82) is 0 Å². The number of hydrogen-bond donors (Lipinski definition) is 1. The molecule has 0 saturated carbocycles. The molecule has 1 N–H and O–H groups in total. The molecule has 0 unspecified atom stereocenters. The van der Waals surface area contributed by atoms with Crippen LogP contribution in [0.15, 0.2) is 48.7 Å². The summed E-state index contributed by atoms with van der Waals surface area (Å²) in [7, 11) is 3.94. The molecule has 5 nitrogen and oxygen atoms in total. The van der Waals surface area contributed by atoms with Gasteiger partial charge in [-0.25, -0.2) is 9.37 Å². The molecule has 0 radical (unpaired) electrons. The first-order valence-electron chi connectivity index (χ1n) is 8.58. The number of fused-ring (bicyclic) bond motifs is 1. The number of carbonyl (C=O) groups is 1. The molecule has 0 aliphatic carbocycles. The molecule has 2 heterocycles. The predicted octanol–water partition coefficient (Wildman–Crippen LogP) is 2.91. The van der Waals surface area contributed by atoms with Crippen LogP contribution in [0.4, 0.5) is 4.39 Å². The Morgan fingerprint density at radius 3 is 2.69 bits per heavy atom. The maximum Gasteiger partial charge on any atom is 0.240 e. The van der Waals surface area contributed by atoms with Crippen LogP contribution < -0.4 is 5.32 Å². The van der Waals surface area contributed by atoms with E-state index < -0.39 is 0 Å². The maximum absolute atomic E-state index is 13.3. The van der Waals surface area contributed by atoms with Crippen LogP contribution in [0.5, 0.6) is 0 Å².